The highest BCUT2D eigenvalue weighted by atomic mass is 16.5. The Morgan fingerprint density at radius 3 is 2.87 bits per heavy atom. The molecule has 0 aromatic rings. The van der Waals surface area contributed by atoms with Gasteiger partial charge in [-0.15, -0.1) is 0 Å². The predicted octanol–water partition coefficient (Wildman–Crippen LogP) is 0.0692. The van der Waals surface area contributed by atoms with Crippen molar-refractivity contribution in [3.8, 4) is 0 Å². The number of nitrogens with one attached hydrogen (secondary N) is 1. The van der Waals surface area contributed by atoms with Gasteiger partial charge in [0.05, 0.1) is 5.60 Å². The monoisotopic (exact) mass is 216 g/mol. The fraction of sp³-hybridized carbons (Fsp3) is 1.00. The molecule has 2 N–H and O–H groups in total. The number of ether oxygens (including phenoxy) is 1. The Bertz CT molecular complexity index is 170. The van der Waals surface area contributed by atoms with Crippen LogP contribution in [0.4, 0.5) is 0 Å². The Hall–Kier alpha value is -0.160. The highest BCUT2D eigenvalue weighted by Crippen LogP contribution is 2.15. The van der Waals surface area contributed by atoms with Crippen LogP contribution in [-0.4, -0.2) is 62.6 Å². The molecule has 1 unspecified atom stereocenters. The molecule has 1 saturated heterocycles. The Kier molecular flexibility index (Phi) is 5.53. The van der Waals surface area contributed by atoms with E-state index in [0.717, 1.165) is 52.0 Å². The molecule has 0 radical (unpaired) electrons. The summed E-state index contributed by atoms with van der Waals surface area (Å²) in [6.07, 6.45) is 3.10. The van der Waals surface area contributed by atoms with Crippen molar-refractivity contribution in [3.05, 3.63) is 0 Å². The second-order valence-corrected chi connectivity index (χ2v) is 4.59. The van der Waals surface area contributed by atoms with Gasteiger partial charge in [0.25, 0.3) is 0 Å². The van der Waals surface area contributed by atoms with Gasteiger partial charge < -0.3 is 20.1 Å². The number of β-amino-alcohol motifs (C(OH)–C–C–N with tert-alkyl or cyclic N) is 1. The van der Waals surface area contributed by atoms with Crippen molar-refractivity contribution in [2.45, 2.75) is 24.9 Å². The number of unbranched alkanes of at least 4 members (excludes halogenated alkanes) is 1. The van der Waals surface area contributed by atoms with Gasteiger partial charge in [-0.25, -0.2) is 0 Å². The van der Waals surface area contributed by atoms with Gasteiger partial charge in [-0.3, -0.25) is 0 Å². The average molecular weight is 216 g/mol. The number of hydrogen-bond donors (Lipinski definition) is 2. The molecule has 1 heterocycles. The van der Waals surface area contributed by atoms with Crippen LogP contribution in [0.3, 0.4) is 0 Å². The van der Waals surface area contributed by atoms with Crippen LogP contribution in [-0.2, 0) is 4.74 Å². The molecule has 1 aliphatic rings. The lowest BCUT2D eigenvalue weighted by Crippen LogP contribution is -2.43. The Morgan fingerprint density at radius 1 is 1.47 bits per heavy atom. The highest BCUT2D eigenvalue weighted by molar-refractivity contribution is 4.89. The molecular formula is C11H24N2O2. The first-order chi connectivity index (χ1) is 7.16. The first-order valence-electron chi connectivity index (χ1n) is 5.77. The second kappa shape index (κ2) is 6.43. The van der Waals surface area contributed by atoms with Gasteiger partial charge in [0.1, 0.15) is 0 Å². The zero-order valence-electron chi connectivity index (χ0n) is 9.96. The summed E-state index contributed by atoms with van der Waals surface area (Å²) in [6.45, 7) is 4.31. The maximum absolute atomic E-state index is 10.1. The second-order valence-electron chi connectivity index (χ2n) is 4.59. The fourth-order valence-electron chi connectivity index (χ4n) is 2.08. The molecule has 4 nitrogen and oxygen atoms in total. The Morgan fingerprint density at radius 2 is 2.27 bits per heavy atom. The summed E-state index contributed by atoms with van der Waals surface area (Å²) in [5.74, 6) is 0. The average Bonchev–Trinajstić information content (AvgIpc) is 2.59. The van der Waals surface area contributed by atoms with Crippen LogP contribution in [0.1, 0.15) is 19.3 Å². The number of rotatable bonds is 7. The quantitative estimate of drug-likeness (QED) is 0.591. The van der Waals surface area contributed by atoms with E-state index in [1.54, 1.807) is 7.11 Å². The van der Waals surface area contributed by atoms with Crippen molar-refractivity contribution in [1.29, 1.82) is 0 Å². The Labute approximate surface area is 92.6 Å². The van der Waals surface area contributed by atoms with Gasteiger partial charge in [0, 0.05) is 26.8 Å². The summed E-state index contributed by atoms with van der Waals surface area (Å²) >= 11 is 0. The molecule has 0 aliphatic carbocycles. The minimum absolute atomic E-state index is 0.504. The number of aliphatic hydroxyl groups is 1. The van der Waals surface area contributed by atoms with Crippen LogP contribution in [0.5, 0.6) is 0 Å². The summed E-state index contributed by atoms with van der Waals surface area (Å²) in [5, 5.41) is 13.3. The van der Waals surface area contributed by atoms with Gasteiger partial charge >= 0.3 is 0 Å². The highest BCUT2D eigenvalue weighted by Gasteiger charge is 2.31. The first-order valence-corrected chi connectivity index (χ1v) is 5.77. The van der Waals surface area contributed by atoms with E-state index in [2.05, 4.69) is 17.3 Å². The third kappa shape index (κ3) is 4.93. The zero-order valence-corrected chi connectivity index (χ0v) is 9.96. The van der Waals surface area contributed by atoms with E-state index < -0.39 is 5.60 Å². The summed E-state index contributed by atoms with van der Waals surface area (Å²) in [4.78, 5) is 2.21. The summed E-state index contributed by atoms with van der Waals surface area (Å²) < 4.78 is 5.00. The third-order valence-electron chi connectivity index (χ3n) is 2.92. The van der Waals surface area contributed by atoms with Crippen LogP contribution >= 0.6 is 0 Å². The molecule has 0 aromatic heterocycles. The lowest BCUT2D eigenvalue weighted by molar-refractivity contribution is 0.0276. The Balaban J connectivity index is 2.09. The summed E-state index contributed by atoms with van der Waals surface area (Å²) in [7, 11) is 3.81. The van der Waals surface area contributed by atoms with E-state index >= 15 is 0 Å². The summed E-state index contributed by atoms with van der Waals surface area (Å²) in [6, 6.07) is 0. The number of likely N-dealkylation sites (N-methyl/N-ethyl adjacent to an activating group) is 1. The van der Waals surface area contributed by atoms with Crippen LogP contribution < -0.4 is 5.32 Å². The molecule has 1 rings (SSSR count). The number of nitrogens with zero attached hydrogens (tertiary/aromatic N) is 1. The topological polar surface area (TPSA) is 44.7 Å². The smallest absolute Gasteiger partial charge is 0.0909 e. The molecule has 90 valence electrons. The molecule has 1 fully saturated rings. The molecular weight excluding hydrogens is 192 g/mol. The van der Waals surface area contributed by atoms with Crippen molar-refractivity contribution in [2.24, 2.45) is 0 Å². The SMILES string of the molecule is COCCCCN(C)CC1(O)CCNC1. The van der Waals surface area contributed by atoms with E-state index in [1.807, 2.05) is 0 Å². The van der Waals surface area contributed by atoms with Crippen molar-refractivity contribution < 1.29 is 9.84 Å². The first kappa shape index (κ1) is 12.9. The minimum atomic E-state index is -0.504. The van der Waals surface area contributed by atoms with Gasteiger partial charge in [-0.05, 0) is 39.4 Å². The normalized spacial score (nSPS) is 26.4. The van der Waals surface area contributed by atoms with Crippen LogP contribution in [0.2, 0.25) is 0 Å². The van der Waals surface area contributed by atoms with E-state index in [4.69, 9.17) is 4.74 Å². The molecule has 0 aromatic carbocycles. The third-order valence-corrected chi connectivity index (χ3v) is 2.92. The molecule has 0 saturated carbocycles. The van der Waals surface area contributed by atoms with E-state index in [0.29, 0.717) is 0 Å². The van der Waals surface area contributed by atoms with Crippen molar-refractivity contribution in [1.82, 2.24) is 10.2 Å². The standard InChI is InChI=1S/C11H24N2O2/c1-13(7-3-4-8-15-2)10-11(14)5-6-12-9-11/h12,14H,3-10H2,1-2H3. The number of methoxy groups -OCH3 is 1. The summed E-state index contributed by atoms with van der Waals surface area (Å²) in [5.41, 5.74) is -0.504. The van der Waals surface area contributed by atoms with Crippen molar-refractivity contribution >= 4 is 0 Å². The molecule has 4 heteroatoms. The lowest BCUT2D eigenvalue weighted by atomic mass is 10.0. The van der Waals surface area contributed by atoms with Gasteiger partial charge in [-0.2, -0.15) is 0 Å². The molecule has 15 heavy (non-hydrogen) atoms. The maximum Gasteiger partial charge on any atom is 0.0909 e. The van der Waals surface area contributed by atoms with E-state index in [1.165, 1.54) is 0 Å². The van der Waals surface area contributed by atoms with Crippen LogP contribution in [0, 0.1) is 0 Å². The molecule has 0 bridgehead atoms. The maximum atomic E-state index is 10.1. The molecule has 0 amide bonds. The largest absolute Gasteiger partial charge is 0.387 e. The number of hydrogen-bond acceptors (Lipinski definition) is 4. The van der Waals surface area contributed by atoms with Gasteiger partial charge in [0.15, 0.2) is 0 Å². The van der Waals surface area contributed by atoms with Crippen molar-refractivity contribution in [2.75, 3.05) is 46.9 Å². The molecule has 1 atom stereocenters. The minimum Gasteiger partial charge on any atom is -0.387 e. The zero-order chi connectivity index (χ0) is 11.1. The predicted molar refractivity (Wildman–Crippen MR) is 61.0 cm³/mol. The molecule has 1 aliphatic heterocycles. The van der Waals surface area contributed by atoms with E-state index in [9.17, 15) is 5.11 Å². The lowest BCUT2D eigenvalue weighted by Gasteiger charge is -2.27. The molecule has 0 spiro atoms. The van der Waals surface area contributed by atoms with Crippen LogP contribution in [0.15, 0.2) is 0 Å². The van der Waals surface area contributed by atoms with Crippen molar-refractivity contribution in [3.63, 3.8) is 0 Å². The van der Waals surface area contributed by atoms with Gasteiger partial charge in [-0.1, -0.05) is 0 Å². The van der Waals surface area contributed by atoms with E-state index in [-0.39, 0.29) is 0 Å². The van der Waals surface area contributed by atoms with Gasteiger partial charge in [0.2, 0.25) is 0 Å². The fourth-order valence-corrected chi connectivity index (χ4v) is 2.08. The van der Waals surface area contributed by atoms with Crippen LogP contribution in [0.25, 0.3) is 0 Å².